The van der Waals surface area contributed by atoms with Gasteiger partial charge in [0.15, 0.2) is 0 Å². The van der Waals surface area contributed by atoms with Crippen molar-refractivity contribution in [2.45, 2.75) is 37.1 Å². The molecule has 1 aliphatic rings. The molecule has 0 radical (unpaired) electrons. The fourth-order valence-electron chi connectivity index (χ4n) is 2.78. The minimum absolute atomic E-state index is 0.0317. The van der Waals surface area contributed by atoms with E-state index in [0.717, 1.165) is 24.3 Å². The van der Waals surface area contributed by atoms with Crippen molar-refractivity contribution in [1.29, 1.82) is 0 Å². The largest absolute Gasteiger partial charge is 0.550 e. The van der Waals surface area contributed by atoms with Crippen molar-refractivity contribution in [2.24, 2.45) is 5.73 Å². The molecule has 12 heteroatoms. The third-order valence-electron chi connectivity index (χ3n) is 4.36. The zero-order chi connectivity index (χ0) is 22.6. The predicted octanol–water partition coefficient (Wildman–Crippen LogP) is -2.26. The van der Waals surface area contributed by atoms with Crippen LogP contribution < -0.4 is 21.5 Å². The number of rotatable bonds is 7. The smallest absolute Gasteiger partial charge is 0.251 e. The first-order chi connectivity index (χ1) is 14.0. The number of primary amides is 1. The van der Waals surface area contributed by atoms with Gasteiger partial charge in [0.2, 0.25) is 11.8 Å². The van der Waals surface area contributed by atoms with Crippen LogP contribution in [0.15, 0.2) is 29.8 Å². The second-order valence-corrected chi connectivity index (χ2v) is 6.99. The van der Waals surface area contributed by atoms with Crippen molar-refractivity contribution in [1.82, 2.24) is 10.6 Å². The normalized spacial score (nSPS) is 21.9. The van der Waals surface area contributed by atoms with Gasteiger partial charge in [-0.05, 0) is 18.2 Å². The Morgan fingerprint density at radius 2 is 1.93 bits per heavy atom. The van der Waals surface area contributed by atoms with E-state index in [1.165, 1.54) is 0 Å². The first-order valence-corrected chi connectivity index (χ1v) is 9.00. The number of nitrogens with two attached hydrogens (primary N) is 1. The van der Waals surface area contributed by atoms with E-state index in [4.69, 9.17) is 17.3 Å². The lowest BCUT2D eigenvalue weighted by molar-refractivity contribution is -0.306. The Kier molecular flexibility index (Phi) is 7.48. The summed E-state index contributed by atoms with van der Waals surface area (Å²) < 4.78 is 13.3. The van der Waals surface area contributed by atoms with Gasteiger partial charge in [-0.2, -0.15) is 0 Å². The summed E-state index contributed by atoms with van der Waals surface area (Å²) in [5.41, 5.74) is 4.89. The van der Waals surface area contributed by atoms with Crippen molar-refractivity contribution in [3.05, 3.63) is 46.3 Å². The first-order valence-electron chi connectivity index (χ1n) is 8.62. The van der Waals surface area contributed by atoms with Gasteiger partial charge >= 0.3 is 0 Å². The van der Waals surface area contributed by atoms with E-state index in [1.54, 1.807) is 0 Å². The summed E-state index contributed by atoms with van der Waals surface area (Å²) >= 11 is 5.63. The number of hydrogen-bond acceptors (Lipinski definition) is 7. The SMILES string of the molecule is NC(=O)[C@@H](CC(=O)[O-])NC(=O)C1=C[C@@H](NC(=O)c2ccc(F)c(Cl)c2)[C@@H](O)[C@H](O)C1. The molecule has 1 aliphatic carbocycles. The highest BCUT2D eigenvalue weighted by atomic mass is 35.5. The first kappa shape index (κ1) is 23.3. The van der Waals surface area contributed by atoms with E-state index in [1.807, 2.05) is 0 Å². The van der Waals surface area contributed by atoms with Crippen LogP contribution in [0.4, 0.5) is 4.39 Å². The van der Waals surface area contributed by atoms with Crippen LogP contribution in [0, 0.1) is 5.82 Å². The number of benzene rings is 1. The van der Waals surface area contributed by atoms with Gasteiger partial charge in [-0.15, -0.1) is 0 Å². The summed E-state index contributed by atoms with van der Waals surface area (Å²) in [5, 5.41) is 35.0. The zero-order valence-corrected chi connectivity index (χ0v) is 16.1. The molecular weight excluding hydrogens is 425 g/mol. The van der Waals surface area contributed by atoms with E-state index in [-0.39, 0.29) is 22.6 Å². The Balaban J connectivity index is 2.18. The topological polar surface area (TPSA) is 182 Å². The third-order valence-corrected chi connectivity index (χ3v) is 4.65. The zero-order valence-electron chi connectivity index (χ0n) is 15.3. The molecule has 0 saturated carbocycles. The van der Waals surface area contributed by atoms with Gasteiger partial charge in [-0.3, -0.25) is 14.4 Å². The Morgan fingerprint density at radius 1 is 1.27 bits per heavy atom. The Labute approximate surface area is 174 Å². The number of aliphatic hydroxyl groups is 2. The van der Waals surface area contributed by atoms with Crippen LogP contribution in [-0.2, 0) is 14.4 Å². The van der Waals surface area contributed by atoms with E-state index in [0.29, 0.717) is 0 Å². The lowest BCUT2D eigenvalue weighted by Crippen LogP contribution is -2.52. The molecule has 3 amide bonds. The highest BCUT2D eigenvalue weighted by Crippen LogP contribution is 2.21. The van der Waals surface area contributed by atoms with Crippen LogP contribution in [0.3, 0.4) is 0 Å². The molecule has 0 bridgehead atoms. The molecule has 162 valence electrons. The summed E-state index contributed by atoms with van der Waals surface area (Å²) in [6, 6.07) is 0.406. The molecule has 1 aromatic carbocycles. The minimum atomic E-state index is -1.62. The summed E-state index contributed by atoms with van der Waals surface area (Å²) in [5.74, 6) is -5.15. The van der Waals surface area contributed by atoms with Crippen molar-refractivity contribution >= 4 is 35.3 Å². The van der Waals surface area contributed by atoms with Crippen molar-refractivity contribution in [3.63, 3.8) is 0 Å². The molecule has 6 N–H and O–H groups in total. The maximum Gasteiger partial charge on any atom is 0.251 e. The highest BCUT2D eigenvalue weighted by molar-refractivity contribution is 6.31. The van der Waals surface area contributed by atoms with Gasteiger partial charge in [0, 0.05) is 29.9 Å². The van der Waals surface area contributed by atoms with Crippen LogP contribution in [0.1, 0.15) is 23.2 Å². The van der Waals surface area contributed by atoms with Gasteiger partial charge in [-0.25, -0.2) is 4.39 Å². The molecule has 1 aromatic rings. The summed E-state index contributed by atoms with van der Waals surface area (Å²) in [4.78, 5) is 46.7. The van der Waals surface area contributed by atoms with Gasteiger partial charge in [0.25, 0.3) is 5.91 Å². The summed E-state index contributed by atoms with van der Waals surface area (Å²) in [7, 11) is 0. The number of nitrogens with one attached hydrogen (secondary N) is 2. The van der Waals surface area contributed by atoms with Gasteiger partial charge in [0.05, 0.1) is 17.2 Å². The molecule has 0 aromatic heterocycles. The summed E-state index contributed by atoms with van der Waals surface area (Å²) in [6.07, 6.45) is -2.97. The maximum atomic E-state index is 13.3. The van der Waals surface area contributed by atoms with E-state index in [2.05, 4.69) is 10.6 Å². The lowest BCUT2D eigenvalue weighted by atomic mass is 9.89. The number of aliphatic carboxylic acids is 1. The number of carboxylic acids is 1. The van der Waals surface area contributed by atoms with Crippen molar-refractivity contribution in [3.8, 4) is 0 Å². The summed E-state index contributed by atoms with van der Waals surface area (Å²) in [6.45, 7) is 0. The average Bonchev–Trinajstić information content (AvgIpc) is 2.66. The number of carbonyl (C=O) groups excluding carboxylic acids is 4. The van der Waals surface area contributed by atoms with Gasteiger partial charge < -0.3 is 36.5 Å². The lowest BCUT2D eigenvalue weighted by Gasteiger charge is -2.31. The van der Waals surface area contributed by atoms with Crippen LogP contribution in [0.25, 0.3) is 0 Å². The number of amides is 3. The van der Waals surface area contributed by atoms with Crippen LogP contribution in [0.5, 0.6) is 0 Å². The number of halogens is 2. The molecule has 0 heterocycles. The molecule has 0 unspecified atom stereocenters. The molecule has 30 heavy (non-hydrogen) atoms. The molecule has 0 aliphatic heterocycles. The number of hydrogen-bond donors (Lipinski definition) is 5. The van der Waals surface area contributed by atoms with Crippen LogP contribution in [-0.4, -0.2) is 58.2 Å². The number of carbonyl (C=O) groups is 4. The fourth-order valence-corrected chi connectivity index (χ4v) is 2.96. The van der Waals surface area contributed by atoms with Crippen LogP contribution in [0.2, 0.25) is 5.02 Å². The molecular formula is C18H18ClFN3O7-. The molecule has 4 atom stereocenters. The monoisotopic (exact) mass is 442 g/mol. The Morgan fingerprint density at radius 3 is 2.50 bits per heavy atom. The molecule has 0 saturated heterocycles. The molecule has 0 spiro atoms. The van der Waals surface area contributed by atoms with E-state index < -0.39 is 60.2 Å². The Bertz CT molecular complexity index is 908. The van der Waals surface area contributed by atoms with Crippen molar-refractivity contribution < 1.29 is 38.9 Å². The predicted molar refractivity (Wildman–Crippen MR) is 98.1 cm³/mol. The fraction of sp³-hybridized carbons (Fsp3) is 0.333. The number of aliphatic hydroxyl groups excluding tert-OH is 2. The van der Waals surface area contributed by atoms with E-state index in [9.17, 15) is 38.9 Å². The van der Waals surface area contributed by atoms with E-state index >= 15 is 0 Å². The van der Waals surface area contributed by atoms with Gasteiger partial charge in [0.1, 0.15) is 18.0 Å². The van der Waals surface area contributed by atoms with Crippen LogP contribution >= 0.6 is 11.6 Å². The Hall–Kier alpha value is -3.02. The quantitative estimate of drug-likeness (QED) is 0.315. The second kappa shape index (κ2) is 9.65. The van der Waals surface area contributed by atoms with Gasteiger partial charge in [-0.1, -0.05) is 17.7 Å². The molecule has 2 rings (SSSR count). The molecule has 0 fully saturated rings. The second-order valence-electron chi connectivity index (χ2n) is 6.59. The number of carboxylic acid groups (broad SMARTS) is 1. The highest BCUT2D eigenvalue weighted by Gasteiger charge is 2.34. The third kappa shape index (κ3) is 5.75. The maximum absolute atomic E-state index is 13.3. The minimum Gasteiger partial charge on any atom is -0.550 e. The average molecular weight is 443 g/mol. The van der Waals surface area contributed by atoms with Crippen molar-refractivity contribution in [2.75, 3.05) is 0 Å². The standard InChI is InChI=1S/C18H19ClFN3O7/c19-9-3-7(1-2-10(9)20)17(29)22-11-4-8(5-13(24)15(11)27)18(30)23-12(16(21)28)6-14(25)26/h1-4,11-13,15,24,27H,5-6H2,(H2,21,28)(H,22,29)(H,23,30)(H,25,26)/p-1/t11-,12-,13-,15-/m1/s1. The molecule has 10 nitrogen and oxygen atoms in total.